The van der Waals surface area contributed by atoms with Gasteiger partial charge in [0.2, 0.25) is 5.91 Å². The van der Waals surface area contributed by atoms with E-state index < -0.39 is 0 Å². The van der Waals surface area contributed by atoms with Gasteiger partial charge >= 0.3 is 0 Å². The molecule has 1 aliphatic rings. The lowest BCUT2D eigenvalue weighted by Gasteiger charge is -2.25. The molecule has 0 atom stereocenters. The van der Waals surface area contributed by atoms with Crippen molar-refractivity contribution in [3.05, 3.63) is 0 Å². The second kappa shape index (κ2) is 3.56. The van der Waals surface area contributed by atoms with E-state index in [0.29, 0.717) is 6.54 Å². The first-order valence-corrected chi connectivity index (χ1v) is 3.75. The van der Waals surface area contributed by atoms with Crippen LogP contribution in [0.2, 0.25) is 0 Å². The van der Waals surface area contributed by atoms with Crippen LogP contribution in [0.15, 0.2) is 0 Å². The van der Waals surface area contributed by atoms with Crippen molar-refractivity contribution in [2.45, 2.75) is 13.3 Å². The Hall–Kier alpha value is -0.570. The molecule has 57 valence electrons. The molecule has 3 nitrogen and oxygen atoms in total. The van der Waals surface area contributed by atoms with Crippen LogP contribution in [0.1, 0.15) is 13.3 Å². The van der Waals surface area contributed by atoms with Crippen molar-refractivity contribution in [1.29, 1.82) is 0 Å². The fraction of sp³-hybridized carbons (Fsp3) is 0.857. The molecular formula is C7H13N2O. The van der Waals surface area contributed by atoms with Gasteiger partial charge in [0.1, 0.15) is 0 Å². The summed E-state index contributed by atoms with van der Waals surface area (Å²) in [6.07, 6.45) is 1.05. The first-order valence-electron chi connectivity index (χ1n) is 3.75. The Morgan fingerprint density at radius 1 is 1.70 bits per heavy atom. The Morgan fingerprint density at radius 3 is 3.10 bits per heavy atom. The average molecular weight is 141 g/mol. The summed E-state index contributed by atoms with van der Waals surface area (Å²) in [5.41, 5.74) is 0. The van der Waals surface area contributed by atoms with E-state index in [0.717, 1.165) is 26.1 Å². The number of rotatable bonds is 2. The van der Waals surface area contributed by atoms with Gasteiger partial charge in [0, 0.05) is 19.6 Å². The van der Waals surface area contributed by atoms with E-state index in [1.165, 1.54) is 0 Å². The highest BCUT2D eigenvalue weighted by Crippen LogP contribution is 1.95. The van der Waals surface area contributed by atoms with Gasteiger partial charge in [0.25, 0.3) is 0 Å². The SMILES string of the molecule is CCCN1CC[N]CC1=O. The molecule has 0 aromatic carbocycles. The topological polar surface area (TPSA) is 34.4 Å². The van der Waals surface area contributed by atoms with Crippen LogP contribution in [0.5, 0.6) is 0 Å². The van der Waals surface area contributed by atoms with Crippen LogP contribution < -0.4 is 5.32 Å². The van der Waals surface area contributed by atoms with E-state index in [1.807, 2.05) is 4.90 Å². The van der Waals surface area contributed by atoms with Crippen LogP contribution >= 0.6 is 0 Å². The molecule has 0 saturated carbocycles. The second-order valence-corrected chi connectivity index (χ2v) is 2.49. The largest absolute Gasteiger partial charge is 0.340 e. The van der Waals surface area contributed by atoms with Crippen LogP contribution in [0.25, 0.3) is 0 Å². The highest BCUT2D eigenvalue weighted by molar-refractivity contribution is 5.78. The van der Waals surface area contributed by atoms with E-state index in [1.54, 1.807) is 0 Å². The first kappa shape index (κ1) is 7.54. The van der Waals surface area contributed by atoms with Gasteiger partial charge in [-0.15, -0.1) is 0 Å². The zero-order chi connectivity index (χ0) is 7.40. The van der Waals surface area contributed by atoms with Gasteiger partial charge in [0.15, 0.2) is 0 Å². The number of carbonyl (C=O) groups excluding carboxylic acids is 1. The highest BCUT2D eigenvalue weighted by atomic mass is 16.2. The number of carbonyl (C=O) groups is 1. The van der Waals surface area contributed by atoms with Crippen LogP contribution in [-0.4, -0.2) is 37.0 Å². The van der Waals surface area contributed by atoms with Gasteiger partial charge in [-0.1, -0.05) is 6.92 Å². The zero-order valence-electron chi connectivity index (χ0n) is 6.34. The number of nitrogens with zero attached hydrogens (tertiary/aromatic N) is 2. The summed E-state index contributed by atoms with van der Waals surface area (Å²) in [7, 11) is 0. The molecule has 1 amide bonds. The maximum absolute atomic E-state index is 11.0. The standard InChI is InChI=1S/C7H13N2O/c1-2-4-9-5-3-8-6-7(9)10/h2-6H2,1H3. The van der Waals surface area contributed by atoms with Crippen LogP contribution in [0.3, 0.4) is 0 Å². The quantitative estimate of drug-likeness (QED) is 0.526. The molecular weight excluding hydrogens is 128 g/mol. The minimum Gasteiger partial charge on any atom is -0.340 e. The van der Waals surface area contributed by atoms with Crippen molar-refractivity contribution < 1.29 is 4.79 Å². The summed E-state index contributed by atoms with van der Waals surface area (Å²) in [5.74, 6) is 0.188. The number of amides is 1. The maximum atomic E-state index is 11.0. The monoisotopic (exact) mass is 141 g/mol. The normalized spacial score (nSPS) is 19.7. The third-order valence-corrected chi connectivity index (χ3v) is 1.62. The Morgan fingerprint density at radius 2 is 2.50 bits per heavy atom. The molecule has 0 aromatic rings. The van der Waals surface area contributed by atoms with Crippen molar-refractivity contribution in [2.24, 2.45) is 0 Å². The van der Waals surface area contributed by atoms with Crippen molar-refractivity contribution in [1.82, 2.24) is 10.2 Å². The van der Waals surface area contributed by atoms with Gasteiger partial charge in [-0.05, 0) is 6.42 Å². The van der Waals surface area contributed by atoms with Crippen molar-refractivity contribution in [2.75, 3.05) is 26.2 Å². The van der Waals surface area contributed by atoms with Crippen molar-refractivity contribution in [3.63, 3.8) is 0 Å². The zero-order valence-corrected chi connectivity index (χ0v) is 6.34. The Bertz CT molecular complexity index is 123. The number of piperazine rings is 1. The smallest absolute Gasteiger partial charge is 0.238 e. The molecule has 1 heterocycles. The predicted molar refractivity (Wildman–Crippen MR) is 38.7 cm³/mol. The summed E-state index contributed by atoms with van der Waals surface area (Å²) >= 11 is 0. The van der Waals surface area contributed by atoms with Gasteiger partial charge < -0.3 is 4.90 Å². The van der Waals surface area contributed by atoms with Crippen molar-refractivity contribution >= 4 is 5.91 Å². The molecule has 3 heteroatoms. The van der Waals surface area contributed by atoms with E-state index in [-0.39, 0.29) is 5.91 Å². The van der Waals surface area contributed by atoms with E-state index >= 15 is 0 Å². The summed E-state index contributed by atoms with van der Waals surface area (Å²) in [6.45, 7) is 5.03. The second-order valence-electron chi connectivity index (χ2n) is 2.49. The summed E-state index contributed by atoms with van der Waals surface area (Å²) in [5, 5.41) is 4.00. The fourth-order valence-electron chi connectivity index (χ4n) is 1.10. The van der Waals surface area contributed by atoms with Crippen molar-refractivity contribution in [3.8, 4) is 0 Å². The number of hydrogen-bond acceptors (Lipinski definition) is 1. The maximum Gasteiger partial charge on any atom is 0.238 e. The lowest BCUT2D eigenvalue weighted by Crippen LogP contribution is -2.45. The molecule has 10 heavy (non-hydrogen) atoms. The predicted octanol–water partition coefficient (Wildman–Crippen LogP) is -0.157. The molecule has 1 aliphatic heterocycles. The third-order valence-electron chi connectivity index (χ3n) is 1.62. The molecule has 1 radical (unpaired) electrons. The van der Waals surface area contributed by atoms with E-state index in [2.05, 4.69) is 12.2 Å². The summed E-state index contributed by atoms with van der Waals surface area (Å²) in [4.78, 5) is 12.9. The van der Waals surface area contributed by atoms with E-state index in [9.17, 15) is 4.79 Å². The average Bonchev–Trinajstić information content (AvgIpc) is 1.94. The van der Waals surface area contributed by atoms with Crippen LogP contribution in [0, 0.1) is 0 Å². The lowest BCUT2D eigenvalue weighted by atomic mass is 10.3. The molecule has 1 rings (SSSR count). The van der Waals surface area contributed by atoms with Gasteiger partial charge in [0.05, 0.1) is 6.54 Å². The summed E-state index contributed by atoms with van der Waals surface area (Å²) < 4.78 is 0. The van der Waals surface area contributed by atoms with Crippen LogP contribution in [0.4, 0.5) is 0 Å². The molecule has 0 aromatic heterocycles. The van der Waals surface area contributed by atoms with Gasteiger partial charge in [-0.2, -0.15) is 0 Å². The van der Waals surface area contributed by atoms with Gasteiger partial charge in [-0.25, -0.2) is 5.32 Å². The number of hydrogen-bond donors (Lipinski definition) is 0. The van der Waals surface area contributed by atoms with Gasteiger partial charge in [-0.3, -0.25) is 4.79 Å². The molecule has 1 saturated heterocycles. The Labute approximate surface area is 61.4 Å². The Kier molecular flexibility index (Phi) is 2.68. The third kappa shape index (κ3) is 1.70. The van der Waals surface area contributed by atoms with Crippen LogP contribution in [-0.2, 0) is 4.79 Å². The molecule has 0 aliphatic carbocycles. The Balaban J connectivity index is 2.32. The molecule has 1 fully saturated rings. The van der Waals surface area contributed by atoms with E-state index in [4.69, 9.17) is 0 Å². The fourth-order valence-corrected chi connectivity index (χ4v) is 1.10. The lowest BCUT2D eigenvalue weighted by molar-refractivity contribution is -0.132. The first-order chi connectivity index (χ1) is 4.84. The minimum absolute atomic E-state index is 0.188. The minimum atomic E-state index is 0.188. The molecule has 0 bridgehead atoms. The molecule has 0 unspecified atom stereocenters. The molecule has 0 N–H and O–H groups in total. The highest BCUT2D eigenvalue weighted by Gasteiger charge is 2.16. The molecule has 0 spiro atoms. The summed E-state index contributed by atoms with van der Waals surface area (Å²) in [6, 6.07) is 0.